The van der Waals surface area contributed by atoms with E-state index in [1.165, 1.54) is 4.90 Å². The molecule has 1 N–H and O–H groups in total. The van der Waals surface area contributed by atoms with Crippen molar-refractivity contribution in [3.05, 3.63) is 0 Å². The Hall–Kier alpha value is -0.710. The van der Waals surface area contributed by atoms with Gasteiger partial charge in [-0.05, 0) is 26.8 Å². The Morgan fingerprint density at radius 2 is 2.27 bits per heavy atom. The molecule has 0 aromatic rings. The van der Waals surface area contributed by atoms with Gasteiger partial charge in [-0.3, -0.25) is 4.79 Å². The number of alkyl halides is 2. The summed E-state index contributed by atoms with van der Waals surface area (Å²) < 4.78 is 26.2. The molecule has 0 bridgehead atoms. The lowest BCUT2D eigenvalue weighted by Crippen LogP contribution is -2.47. The average Bonchev–Trinajstić information content (AvgIpc) is 2.17. The topological polar surface area (TPSA) is 32.3 Å². The SMILES string of the molecule is CNCC(=O)N1CCC[C@@H](C(C)(F)F)C1. The quantitative estimate of drug-likeness (QED) is 0.772. The van der Waals surface area contributed by atoms with Crippen LogP contribution in [0.1, 0.15) is 19.8 Å². The molecule has 1 rings (SSSR count). The van der Waals surface area contributed by atoms with Crippen LogP contribution in [0.2, 0.25) is 0 Å². The van der Waals surface area contributed by atoms with Crippen LogP contribution in [0, 0.1) is 5.92 Å². The summed E-state index contributed by atoms with van der Waals surface area (Å²) in [6.45, 7) is 1.95. The number of halogens is 2. The van der Waals surface area contributed by atoms with Crippen molar-refractivity contribution in [3.63, 3.8) is 0 Å². The molecule has 0 aromatic carbocycles. The number of hydrogen-bond acceptors (Lipinski definition) is 2. The van der Waals surface area contributed by atoms with Gasteiger partial charge in [0.15, 0.2) is 0 Å². The van der Waals surface area contributed by atoms with E-state index in [9.17, 15) is 13.6 Å². The van der Waals surface area contributed by atoms with E-state index in [4.69, 9.17) is 0 Å². The summed E-state index contributed by atoms with van der Waals surface area (Å²) in [5, 5.41) is 2.74. The Morgan fingerprint density at radius 1 is 1.60 bits per heavy atom. The summed E-state index contributed by atoms with van der Waals surface area (Å²) in [5.41, 5.74) is 0. The van der Waals surface area contributed by atoms with E-state index < -0.39 is 11.8 Å². The minimum Gasteiger partial charge on any atom is -0.341 e. The normalized spacial score (nSPS) is 22.9. The minimum absolute atomic E-state index is 0.0912. The summed E-state index contributed by atoms with van der Waals surface area (Å²) >= 11 is 0. The zero-order chi connectivity index (χ0) is 11.5. The highest BCUT2D eigenvalue weighted by Crippen LogP contribution is 2.31. The van der Waals surface area contributed by atoms with E-state index in [1.54, 1.807) is 7.05 Å². The molecule has 0 saturated carbocycles. The summed E-state index contributed by atoms with van der Waals surface area (Å²) in [7, 11) is 1.67. The molecule has 0 aliphatic carbocycles. The van der Waals surface area contributed by atoms with Crippen LogP contribution in [0.3, 0.4) is 0 Å². The van der Waals surface area contributed by atoms with Gasteiger partial charge < -0.3 is 10.2 Å². The fourth-order valence-electron chi connectivity index (χ4n) is 1.88. The number of nitrogens with one attached hydrogen (secondary N) is 1. The van der Waals surface area contributed by atoms with Crippen molar-refractivity contribution in [2.45, 2.75) is 25.7 Å². The monoisotopic (exact) mass is 220 g/mol. The summed E-state index contributed by atoms with van der Waals surface area (Å²) in [4.78, 5) is 13.0. The fraction of sp³-hybridized carbons (Fsp3) is 0.900. The molecule has 1 atom stereocenters. The second-order valence-corrected chi connectivity index (χ2v) is 4.17. The van der Waals surface area contributed by atoms with Crippen LogP contribution in [-0.4, -0.2) is 43.4 Å². The van der Waals surface area contributed by atoms with Crippen molar-refractivity contribution >= 4 is 5.91 Å². The molecule has 3 nitrogen and oxygen atoms in total. The lowest BCUT2D eigenvalue weighted by Gasteiger charge is -2.35. The minimum atomic E-state index is -2.68. The molecule has 0 aromatic heterocycles. The van der Waals surface area contributed by atoms with Gasteiger partial charge in [-0.2, -0.15) is 0 Å². The lowest BCUT2D eigenvalue weighted by molar-refractivity contribution is -0.136. The maximum absolute atomic E-state index is 13.1. The number of likely N-dealkylation sites (tertiary alicyclic amines) is 1. The zero-order valence-corrected chi connectivity index (χ0v) is 9.22. The van der Waals surface area contributed by atoms with Gasteiger partial charge in [-0.15, -0.1) is 0 Å². The molecule has 0 radical (unpaired) electrons. The summed E-state index contributed by atoms with van der Waals surface area (Å²) in [6.07, 6.45) is 1.18. The van der Waals surface area contributed by atoms with E-state index in [1.807, 2.05) is 0 Å². The first-order valence-electron chi connectivity index (χ1n) is 5.25. The van der Waals surface area contributed by atoms with Gasteiger partial charge in [0, 0.05) is 19.0 Å². The van der Waals surface area contributed by atoms with E-state index in [2.05, 4.69) is 5.32 Å². The first-order chi connectivity index (χ1) is 6.95. The van der Waals surface area contributed by atoms with Gasteiger partial charge >= 0.3 is 0 Å². The molecular formula is C10H18F2N2O. The molecule has 1 heterocycles. The van der Waals surface area contributed by atoms with E-state index in [0.717, 1.165) is 6.92 Å². The number of piperidine rings is 1. The van der Waals surface area contributed by atoms with Gasteiger partial charge in [0.1, 0.15) is 0 Å². The predicted molar refractivity (Wildman–Crippen MR) is 53.9 cm³/mol. The molecule has 15 heavy (non-hydrogen) atoms. The molecule has 0 spiro atoms. The third kappa shape index (κ3) is 3.41. The largest absolute Gasteiger partial charge is 0.341 e. The molecule has 88 valence electrons. The Labute approximate surface area is 88.8 Å². The summed E-state index contributed by atoms with van der Waals surface area (Å²) in [5.74, 6) is -3.46. The maximum Gasteiger partial charge on any atom is 0.249 e. The van der Waals surface area contributed by atoms with Crippen LogP contribution in [0.25, 0.3) is 0 Å². The lowest BCUT2D eigenvalue weighted by atomic mass is 9.92. The second-order valence-electron chi connectivity index (χ2n) is 4.17. The molecule has 1 fully saturated rings. The van der Waals surface area contributed by atoms with Crippen molar-refractivity contribution in [1.82, 2.24) is 10.2 Å². The first kappa shape index (κ1) is 12.4. The van der Waals surface area contributed by atoms with Crippen molar-refractivity contribution < 1.29 is 13.6 Å². The Balaban J connectivity index is 2.52. The highest BCUT2D eigenvalue weighted by molar-refractivity contribution is 5.78. The Bertz CT molecular complexity index is 228. The molecule has 0 unspecified atom stereocenters. The number of rotatable bonds is 3. The molecular weight excluding hydrogens is 202 g/mol. The van der Waals surface area contributed by atoms with Crippen LogP contribution in [0.5, 0.6) is 0 Å². The van der Waals surface area contributed by atoms with Crippen LogP contribution in [0.15, 0.2) is 0 Å². The van der Waals surface area contributed by atoms with Crippen LogP contribution in [-0.2, 0) is 4.79 Å². The third-order valence-electron chi connectivity index (χ3n) is 2.82. The van der Waals surface area contributed by atoms with E-state index >= 15 is 0 Å². The van der Waals surface area contributed by atoms with E-state index in [-0.39, 0.29) is 19.0 Å². The smallest absolute Gasteiger partial charge is 0.249 e. The second kappa shape index (κ2) is 4.88. The maximum atomic E-state index is 13.1. The van der Waals surface area contributed by atoms with Gasteiger partial charge in [0.2, 0.25) is 11.8 Å². The molecule has 1 amide bonds. The number of nitrogens with zero attached hydrogens (tertiary/aromatic N) is 1. The number of carbonyl (C=O) groups excluding carboxylic acids is 1. The third-order valence-corrected chi connectivity index (χ3v) is 2.82. The predicted octanol–water partition coefficient (Wildman–Crippen LogP) is 1.10. The molecule has 1 aliphatic heterocycles. The number of carbonyl (C=O) groups is 1. The number of likely N-dealkylation sites (N-methyl/N-ethyl adjacent to an activating group) is 1. The number of hydrogen-bond donors (Lipinski definition) is 1. The average molecular weight is 220 g/mol. The highest BCUT2D eigenvalue weighted by atomic mass is 19.3. The first-order valence-corrected chi connectivity index (χ1v) is 5.25. The van der Waals surface area contributed by atoms with Gasteiger partial charge in [0.25, 0.3) is 0 Å². The summed E-state index contributed by atoms with van der Waals surface area (Å²) in [6, 6.07) is 0. The van der Waals surface area contributed by atoms with Crippen LogP contribution < -0.4 is 5.32 Å². The van der Waals surface area contributed by atoms with Crippen molar-refractivity contribution in [1.29, 1.82) is 0 Å². The van der Waals surface area contributed by atoms with E-state index in [0.29, 0.717) is 19.4 Å². The Morgan fingerprint density at radius 3 is 2.80 bits per heavy atom. The van der Waals surface area contributed by atoms with Gasteiger partial charge in [-0.1, -0.05) is 0 Å². The number of amides is 1. The zero-order valence-electron chi connectivity index (χ0n) is 9.22. The van der Waals surface area contributed by atoms with Gasteiger partial charge in [0.05, 0.1) is 6.54 Å². The van der Waals surface area contributed by atoms with Crippen molar-refractivity contribution in [2.24, 2.45) is 5.92 Å². The molecule has 1 saturated heterocycles. The Kier molecular flexibility index (Phi) is 4.02. The fourth-order valence-corrected chi connectivity index (χ4v) is 1.88. The molecule has 5 heteroatoms. The standard InChI is InChI=1S/C10H18F2N2O/c1-10(11,12)8-4-3-5-14(7-8)9(15)6-13-2/h8,13H,3-7H2,1-2H3/t8-/m1/s1. The van der Waals surface area contributed by atoms with Crippen molar-refractivity contribution in [2.75, 3.05) is 26.7 Å². The van der Waals surface area contributed by atoms with Crippen LogP contribution in [0.4, 0.5) is 8.78 Å². The highest BCUT2D eigenvalue weighted by Gasteiger charge is 2.37. The molecule has 1 aliphatic rings. The van der Waals surface area contributed by atoms with Gasteiger partial charge in [-0.25, -0.2) is 8.78 Å². The van der Waals surface area contributed by atoms with Crippen LogP contribution >= 0.6 is 0 Å². The van der Waals surface area contributed by atoms with Crippen molar-refractivity contribution in [3.8, 4) is 0 Å².